The van der Waals surface area contributed by atoms with Crippen LogP contribution in [0.3, 0.4) is 0 Å². The van der Waals surface area contributed by atoms with Crippen LogP contribution in [-0.2, 0) is 0 Å². The molecule has 0 spiro atoms. The lowest BCUT2D eigenvalue weighted by atomic mass is 10.1. The highest BCUT2D eigenvalue weighted by Gasteiger charge is 2.12. The third kappa shape index (κ3) is 1.43. The molecule has 0 aliphatic heterocycles. The van der Waals surface area contributed by atoms with Crippen LogP contribution in [-0.4, -0.2) is 9.54 Å². The molecule has 1 atom stereocenters. The molecule has 2 heterocycles. The highest BCUT2D eigenvalue weighted by Crippen LogP contribution is 2.29. The average molecular weight is 254 g/mol. The lowest BCUT2D eigenvalue weighted by Crippen LogP contribution is -2.04. The molecule has 2 aromatic heterocycles. The van der Waals surface area contributed by atoms with Gasteiger partial charge in [0.05, 0.1) is 5.39 Å². The van der Waals surface area contributed by atoms with Gasteiger partial charge in [-0.1, -0.05) is 18.2 Å². The third-order valence-corrected chi connectivity index (χ3v) is 3.67. The fourth-order valence-corrected chi connectivity index (χ4v) is 2.84. The van der Waals surface area contributed by atoms with Crippen molar-refractivity contribution in [1.82, 2.24) is 4.98 Å². The van der Waals surface area contributed by atoms with E-state index in [4.69, 9.17) is 0 Å². The molecule has 1 unspecified atom stereocenters. The van der Waals surface area contributed by atoms with Gasteiger partial charge in [-0.3, -0.25) is 4.79 Å². The number of halogens is 1. The first-order valence-corrected chi connectivity index (χ1v) is 5.72. The minimum Gasteiger partial charge on any atom is -0.590 e. The number of para-hydroxylation sites is 1. The summed E-state index contributed by atoms with van der Waals surface area (Å²) in [6, 6.07) is 9.27. The summed E-state index contributed by atoms with van der Waals surface area (Å²) in [6.45, 7) is 0. The summed E-state index contributed by atoms with van der Waals surface area (Å²) in [5.74, 6) is 0. The number of benzene rings is 1. The van der Waals surface area contributed by atoms with Gasteiger partial charge in [0, 0.05) is 17.0 Å². The van der Waals surface area contributed by atoms with E-state index in [1.807, 2.05) is 24.3 Å². The van der Waals surface area contributed by atoms with Crippen LogP contribution in [0, 0.1) is 0 Å². The molecule has 3 rings (SSSR count). The molecular weight excluding hydrogens is 246 g/mol. The van der Waals surface area contributed by atoms with E-state index in [2.05, 4.69) is 4.98 Å². The molecule has 1 N–H and O–H groups in total. The van der Waals surface area contributed by atoms with Gasteiger partial charge in [0.2, 0.25) is 4.70 Å². The Labute approximate surface area is 99.9 Å². The predicted octanol–water partition coefficient (Wildman–Crippen LogP) is 2.83. The molecule has 82 valence electrons. The lowest BCUT2D eigenvalue weighted by molar-refractivity contribution is 0.600. The highest BCUT2D eigenvalue weighted by molar-refractivity contribution is 7.30. The van der Waals surface area contributed by atoms with Gasteiger partial charge >= 0.3 is 5.56 Å². The molecule has 0 saturated heterocycles. The Hall–Kier alpha value is -1.36. The van der Waals surface area contributed by atoms with Crippen molar-refractivity contribution < 1.29 is 4.55 Å². The van der Waals surface area contributed by atoms with Crippen molar-refractivity contribution in [3.8, 4) is 0 Å². The summed E-state index contributed by atoms with van der Waals surface area (Å²) in [6.07, 6.45) is 0. The topological polar surface area (TPSA) is 55.9 Å². The maximum atomic E-state index is 11.6. The lowest BCUT2D eigenvalue weighted by Gasteiger charge is -1.97. The summed E-state index contributed by atoms with van der Waals surface area (Å²) in [4.78, 5) is 14.4. The summed E-state index contributed by atoms with van der Waals surface area (Å²) >= 11 is 0. The smallest absolute Gasteiger partial charge is 0.309 e. The fraction of sp³-hybridized carbons (Fsp3) is 0. The van der Waals surface area contributed by atoms with Crippen molar-refractivity contribution in [2.75, 3.05) is 0 Å². The Morgan fingerprint density at radius 1 is 1.12 bits per heavy atom. The number of thiophene rings is 1. The van der Waals surface area contributed by atoms with Crippen molar-refractivity contribution >= 4 is 44.1 Å². The van der Waals surface area contributed by atoms with Crippen LogP contribution < -0.4 is 5.56 Å². The number of hydrogen-bond donors (Lipinski definition) is 1. The highest BCUT2D eigenvalue weighted by atomic mass is 35.5. The molecule has 0 saturated carbocycles. The number of aromatic nitrogens is 1. The Morgan fingerprint density at radius 3 is 2.69 bits per heavy atom. The summed E-state index contributed by atoms with van der Waals surface area (Å²) in [5, 5.41) is 3.27. The fourth-order valence-electron chi connectivity index (χ4n) is 1.81. The SMILES string of the molecule is Cl.O=c1[nH]c2ccccc2c2cc[s+]([O-])c12. The van der Waals surface area contributed by atoms with Crippen molar-refractivity contribution in [2.45, 2.75) is 0 Å². The molecule has 0 aliphatic carbocycles. The third-order valence-electron chi connectivity index (χ3n) is 2.48. The maximum Gasteiger partial charge on any atom is 0.309 e. The molecule has 5 heteroatoms. The number of fused-ring (bicyclic) bond motifs is 3. The number of hydrogen-bond acceptors (Lipinski definition) is 2. The number of H-pyrrole nitrogens is 1. The largest absolute Gasteiger partial charge is 0.590 e. The molecule has 0 amide bonds. The van der Waals surface area contributed by atoms with E-state index in [0.29, 0.717) is 4.70 Å². The molecule has 0 aliphatic rings. The zero-order chi connectivity index (χ0) is 10.4. The van der Waals surface area contributed by atoms with E-state index in [0.717, 1.165) is 16.3 Å². The average Bonchev–Trinajstić information content (AvgIpc) is 2.62. The van der Waals surface area contributed by atoms with Crippen LogP contribution in [0.15, 0.2) is 40.5 Å². The minimum atomic E-state index is -1.29. The second-order valence-corrected chi connectivity index (χ2v) is 4.62. The van der Waals surface area contributed by atoms with Gasteiger partial charge in [-0.15, -0.1) is 12.4 Å². The van der Waals surface area contributed by atoms with E-state index in [-0.39, 0.29) is 18.0 Å². The molecule has 16 heavy (non-hydrogen) atoms. The number of rotatable bonds is 0. The van der Waals surface area contributed by atoms with Gasteiger partial charge in [-0.2, -0.15) is 0 Å². The monoisotopic (exact) mass is 253 g/mol. The van der Waals surface area contributed by atoms with E-state index < -0.39 is 10.8 Å². The van der Waals surface area contributed by atoms with Crippen LogP contribution in [0.5, 0.6) is 0 Å². The summed E-state index contributed by atoms with van der Waals surface area (Å²) < 4.78 is 11.9. The molecule has 0 bridgehead atoms. The second-order valence-electron chi connectivity index (χ2n) is 3.34. The van der Waals surface area contributed by atoms with Crippen molar-refractivity contribution in [1.29, 1.82) is 0 Å². The molecular formula is C11H8ClNO2S. The molecule has 3 nitrogen and oxygen atoms in total. The van der Waals surface area contributed by atoms with Crippen LogP contribution in [0.2, 0.25) is 0 Å². The zero-order valence-corrected chi connectivity index (χ0v) is 9.73. The van der Waals surface area contributed by atoms with E-state index in [9.17, 15) is 9.35 Å². The first-order chi connectivity index (χ1) is 7.27. The van der Waals surface area contributed by atoms with Gasteiger partial charge in [0.15, 0.2) is 0 Å². The van der Waals surface area contributed by atoms with Gasteiger partial charge in [0.1, 0.15) is 5.38 Å². The van der Waals surface area contributed by atoms with Crippen LogP contribution >= 0.6 is 23.2 Å². The Kier molecular flexibility index (Phi) is 2.71. The van der Waals surface area contributed by atoms with Gasteiger partial charge in [-0.25, -0.2) is 0 Å². The standard InChI is InChI=1S/C11H7NO2S.ClH/c13-11-10-8(5-6-15(10)14)7-3-1-2-4-9(7)12-11;/h1-6H,(H,12,13);1H. The predicted molar refractivity (Wildman–Crippen MR) is 68.0 cm³/mol. The Bertz CT molecular complexity index is 717. The number of aromatic amines is 1. The Morgan fingerprint density at radius 2 is 1.88 bits per heavy atom. The molecule has 3 aromatic rings. The van der Waals surface area contributed by atoms with Crippen molar-refractivity contribution in [3.05, 3.63) is 46.1 Å². The van der Waals surface area contributed by atoms with E-state index in [1.54, 1.807) is 11.4 Å². The summed E-state index contributed by atoms with van der Waals surface area (Å²) in [7, 11) is -1.29. The quantitative estimate of drug-likeness (QED) is 0.627. The first-order valence-electron chi connectivity index (χ1n) is 4.51. The summed E-state index contributed by atoms with van der Waals surface area (Å²) in [5.41, 5.74) is 0.525. The molecule has 0 radical (unpaired) electrons. The van der Waals surface area contributed by atoms with Crippen LogP contribution in [0.25, 0.3) is 21.0 Å². The Balaban J connectivity index is 0.000000963. The normalized spacial score (nSPS) is 11.7. The van der Waals surface area contributed by atoms with E-state index >= 15 is 0 Å². The van der Waals surface area contributed by atoms with Gasteiger partial charge in [0.25, 0.3) is 0 Å². The zero-order valence-electron chi connectivity index (χ0n) is 8.10. The van der Waals surface area contributed by atoms with Crippen LogP contribution in [0.1, 0.15) is 0 Å². The second kappa shape index (κ2) is 3.90. The van der Waals surface area contributed by atoms with Crippen LogP contribution in [0.4, 0.5) is 0 Å². The van der Waals surface area contributed by atoms with Gasteiger partial charge in [-0.05, 0) is 16.8 Å². The van der Waals surface area contributed by atoms with Crippen molar-refractivity contribution in [3.63, 3.8) is 0 Å². The molecule has 0 fully saturated rings. The van der Waals surface area contributed by atoms with Gasteiger partial charge < -0.3 is 9.54 Å². The number of nitrogens with one attached hydrogen (secondary N) is 1. The number of pyridine rings is 1. The molecule has 1 aromatic carbocycles. The van der Waals surface area contributed by atoms with E-state index in [1.165, 1.54) is 0 Å². The minimum absolute atomic E-state index is 0. The first kappa shape index (κ1) is 11.1. The maximum absolute atomic E-state index is 11.6. The van der Waals surface area contributed by atoms with Crippen molar-refractivity contribution in [2.24, 2.45) is 0 Å².